The smallest absolute Gasteiger partial charge is 0.0894 e. The Morgan fingerprint density at radius 1 is 1.13 bits per heavy atom. The van der Waals surface area contributed by atoms with Gasteiger partial charge in [0.25, 0.3) is 0 Å². The zero-order valence-corrected chi connectivity index (χ0v) is 8.64. The van der Waals surface area contributed by atoms with Crippen LogP contribution in [0.5, 0.6) is 0 Å². The molecule has 2 nitrogen and oxygen atoms in total. The molecule has 0 fully saturated rings. The Morgan fingerprint density at radius 3 is 2.47 bits per heavy atom. The van der Waals surface area contributed by atoms with Crippen molar-refractivity contribution in [1.82, 2.24) is 9.97 Å². The number of hydrogen-bond donors (Lipinski definition) is 0. The number of aromatic nitrogens is 2. The van der Waals surface area contributed by atoms with Crippen molar-refractivity contribution in [2.75, 3.05) is 0 Å². The van der Waals surface area contributed by atoms with E-state index >= 15 is 0 Å². The zero-order chi connectivity index (χ0) is 10.7. The van der Waals surface area contributed by atoms with Gasteiger partial charge in [-0.3, -0.25) is 0 Å². The lowest BCUT2D eigenvalue weighted by atomic mass is 10.3. The summed E-state index contributed by atoms with van der Waals surface area (Å²) in [6.45, 7) is 5.85. The van der Waals surface area contributed by atoms with Crippen molar-refractivity contribution in [2.24, 2.45) is 0 Å². The van der Waals surface area contributed by atoms with Gasteiger partial charge >= 0.3 is 0 Å². The van der Waals surface area contributed by atoms with Crippen LogP contribution in [0.25, 0.3) is 23.7 Å². The number of fused-ring (bicyclic) bond motifs is 1. The van der Waals surface area contributed by atoms with Gasteiger partial charge in [-0.1, -0.05) is 30.9 Å². The molecule has 0 saturated carbocycles. The molecule has 0 bridgehead atoms. The van der Waals surface area contributed by atoms with Crippen molar-refractivity contribution in [3.63, 3.8) is 0 Å². The third-order valence-electron chi connectivity index (χ3n) is 2.12. The van der Waals surface area contributed by atoms with Gasteiger partial charge in [0.2, 0.25) is 0 Å². The molecule has 0 spiro atoms. The lowest BCUT2D eigenvalue weighted by Gasteiger charge is -1.95. The number of hydrogen-bond acceptors (Lipinski definition) is 2. The van der Waals surface area contributed by atoms with Gasteiger partial charge in [0, 0.05) is 0 Å². The van der Waals surface area contributed by atoms with Gasteiger partial charge in [0.05, 0.1) is 21.7 Å². The molecule has 1 aromatic carbocycles. The Labute approximate surface area is 88.3 Å². The number of allylic oxidation sites excluding steroid dienone is 2. The summed E-state index contributed by atoms with van der Waals surface area (Å²) in [4.78, 5) is 8.87. The normalized spacial score (nSPS) is 12.7. The van der Waals surface area contributed by atoms with Gasteiger partial charge in [-0.25, -0.2) is 9.97 Å². The van der Waals surface area contributed by atoms with E-state index in [2.05, 4.69) is 16.5 Å². The van der Waals surface area contributed by atoms with E-state index in [0.29, 0.717) is 5.35 Å². The molecule has 0 unspecified atom stereocenters. The van der Waals surface area contributed by atoms with Gasteiger partial charge in [0.1, 0.15) is 0 Å². The van der Waals surface area contributed by atoms with Gasteiger partial charge in [-0.05, 0) is 25.1 Å². The van der Waals surface area contributed by atoms with Crippen molar-refractivity contribution >= 4 is 23.7 Å². The molecule has 0 radical (unpaired) electrons. The Balaban J connectivity index is 2.78. The third-order valence-corrected chi connectivity index (χ3v) is 2.12. The van der Waals surface area contributed by atoms with Crippen LogP contribution < -0.4 is 10.7 Å². The Morgan fingerprint density at radius 2 is 1.80 bits per heavy atom. The summed E-state index contributed by atoms with van der Waals surface area (Å²) in [6.07, 6.45) is 5.81. The van der Waals surface area contributed by atoms with Crippen LogP contribution in [-0.2, 0) is 0 Å². The number of rotatable bonds is 1. The maximum Gasteiger partial charge on any atom is 0.0894 e. The summed E-state index contributed by atoms with van der Waals surface area (Å²) in [7, 11) is 0. The Kier molecular flexibility index (Phi) is 2.59. The minimum absolute atomic E-state index is 0.715. The van der Waals surface area contributed by atoms with E-state index in [4.69, 9.17) is 0 Å². The number of nitrogens with zero attached hydrogens (tertiary/aromatic N) is 2. The highest BCUT2D eigenvalue weighted by Crippen LogP contribution is 2.02. The molecular weight excluding hydrogens is 184 g/mol. The van der Waals surface area contributed by atoms with Crippen LogP contribution in [0.4, 0.5) is 0 Å². The second-order valence-electron chi connectivity index (χ2n) is 3.24. The maximum absolute atomic E-state index is 4.48. The quantitative estimate of drug-likeness (QED) is 0.689. The standard InChI is InChI=1S/C13H12N2/c1-3-4-7-11-10(2)14-12-8-5-6-9-13(12)15-11/h3-9H,2H2,1H3/b4-3-,11-7+. The highest BCUT2D eigenvalue weighted by molar-refractivity contribution is 5.73. The van der Waals surface area contributed by atoms with E-state index in [9.17, 15) is 0 Å². The lowest BCUT2D eigenvalue weighted by Crippen LogP contribution is -2.29. The fourth-order valence-corrected chi connectivity index (χ4v) is 1.37. The van der Waals surface area contributed by atoms with Crippen molar-refractivity contribution in [2.45, 2.75) is 6.92 Å². The summed E-state index contributed by atoms with van der Waals surface area (Å²) >= 11 is 0. The van der Waals surface area contributed by atoms with Gasteiger partial charge < -0.3 is 0 Å². The lowest BCUT2D eigenvalue weighted by molar-refractivity contribution is 1.18. The maximum atomic E-state index is 4.48. The highest BCUT2D eigenvalue weighted by atomic mass is 14.8. The number of para-hydroxylation sites is 2. The minimum atomic E-state index is 0.715. The Hall–Kier alpha value is -1.96. The highest BCUT2D eigenvalue weighted by Gasteiger charge is 1.93. The van der Waals surface area contributed by atoms with E-state index < -0.39 is 0 Å². The average molecular weight is 196 g/mol. The predicted molar refractivity (Wildman–Crippen MR) is 63.6 cm³/mol. The van der Waals surface area contributed by atoms with E-state index in [1.54, 1.807) is 0 Å². The van der Waals surface area contributed by atoms with Crippen molar-refractivity contribution in [1.29, 1.82) is 0 Å². The minimum Gasteiger partial charge on any atom is -0.245 e. The van der Waals surface area contributed by atoms with Crippen LogP contribution >= 0.6 is 0 Å². The van der Waals surface area contributed by atoms with Gasteiger partial charge in [0.15, 0.2) is 0 Å². The molecule has 0 amide bonds. The summed E-state index contributed by atoms with van der Waals surface area (Å²) in [5.74, 6) is 0. The molecule has 1 heterocycles. The fourth-order valence-electron chi connectivity index (χ4n) is 1.37. The van der Waals surface area contributed by atoms with E-state index in [0.717, 1.165) is 16.4 Å². The summed E-state index contributed by atoms with van der Waals surface area (Å²) in [6, 6.07) is 7.80. The molecule has 0 atom stereocenters. The summed E-state index contributed by atoms with van der Waals surface area (Å²) < 4.78 is 0. The van der Waals surface area contributed by atoms with Crippen LogP contribution in [0.2, 0.25) is 0 Å². The third kappa shape index (κ3) is 1.94. The molecule has 0 aliphatic carbocycles. The first-order valence-electron chi connectivity index (χ1n) is 4.86. The molecule has 2 heteroatoms. The molecule has 2 rings (SSSR count). The Bertz CT molecular complexity index is 612. The molecule has 0 N–H and O–H groups in total. The molecular formula is C13H12N2. The van der Waals surface area contributed by atoms with E-state index in [1.807, 2.05) is 49.4 Å². The second-order valence-corrected chi connectivity index (χ2v) is 3.24. The molecule has 0 aliphatic rings. The monoisotopic (exact) mass is 196 g/mol. The summed E-state index contributed by atoms with van der Waals surface area (Å²) in [5, 5.41) is 1.54. The van der Waals surface area contributed by atoms with E-state index in [-0.39, 0.29) is 0 Å². The molecule has 1 aromatic heterocycles. The molecule has 0 aliphatic heterocycles. The van der Waals surface area contributed by atoms with E-state index in [1.165, 1.54) is 0 Å². The van der Waals surface area contributed by atoms with Crippen LogP contribution in [0.15, 0.2) is 36.4 Å². The first kappa shape index (κ1) is 9.59. The van der Waals surface area contributed by atoms with Crippen LogP contribution in [0.1, 0.15) is 6.92 Å². The van der Waals surface area contributed by atoms with Crippen LogP contribution in [-0.4, -0.2) is 9.97 Å². The topological polar surface area (TPSA) is 25.8 Å². The van der Waals surface area contributed by atoms with Crippen LogP contribution in [0.3, 0.4) is 0 Å². The van der Waals surface area contributed by atoms with Crippen molar-refractivity contribution < 1.29 is 0 Å². The average Bonchev–Trinajstić information content (AvgIpc) is 2.26. The molecule has 15 heavy (non-hydrogen) atoms. The van der Waals surface area contributed by atoms with Crippen LogP contribution in [0, 0.1) is 0 Å². The predicted octanol–water partition coefficient (Wildman–Crippen LogP) is 1.40. The van der Waals surface area contributed by atoms with Crippen molar-refractivity contribution in [3.8, 4) is 0 Å². The second kappa shape index (κ2) is 4.05. The van der Waals surface area contributed by atoms with Crippen molar-refractivity contribution in [3.05, 3.63) is 47.1 Å². The van der Waals surface area contributed by atoms with Gasteiger partial charge in [-0.2, -0.15) is 0 Å². The number of benzene rings is 1. The largest absolute Gasteiger partial charge is 0.245 e. The molecule has 74 valence electrons. The molecule has 0 saturated heterocycles. The first-order valence-corrected chi connectivity index (χ1v) is 4.86. The zero-order valence-electron chi connectivity index (χ0n) is 8.64. The SMILES string of the molecule is C=c1nc2ccccc2n/c1=C/C=C\C. The molecule has 2 aromatic rings. The fraction of sp³-hybridized carbons (Fsp3) is 0.0769. The van der Waals surface area contributed by atoms with Gasteiger partial charge in [-0.15, -0.1) is 0 Å². The first-order chi connectivity index (χ1) is 7.31. The summed E-state index contributed by atoms with van der Waals surface area (Å²) in [5.41, 5.74) is 1.79.